The number of aliphatic imine (C=N–C) groups is 2. The summed E-state index contributed by atoms with van der Waals surface area (Å²) in [6.45, 7) is 3.63. The normalized spacial score (nSPS) is 40.3. The van der Waals surface area contributed by atoms with Crippen molar-refractivity contribution >= 4 is 31.6 Å². The summed E-state index contributed by atoms with van der Waals surface area (Å²) in [6.07, 6.45) is 0.273. The Labute approximate surface area is 197 Å². The summed E-state index contributed by atoms with van der Waals surface area (Å²) < 4.78 is 56.4. The van der Waals surface area contributed by atoms with Gasteiger partial charge in [-0.2, -0.15) is 0 Å². The molecule has 1 N–H and O–H groups in total. The molecule has 0 radical (unpaired) electrons. The summed E-state index contributed by atoms with van der Waals surface area (Å²) in [6, 6.07) is -1.99. The molecule has 0 spiro atoms. The van der Waals surface area contributed by atoms with Crippen LogP contribution in [0.25, 0.3) is 0 Å². The average Bonchev–Trinajstić information content (AvgIpc) is 2.74. The second-order valence-corrected chi connectivity index (χ2v) is 10.5. The Bertz CT molecular complexity index is 545. The Hall–Kier alpha value is 0.119. The molecule has 3 aliphatic rings. The molecule has 182 valence electrons. The Balaban J connectivity index is 0.00000107. The first-order valence-electron chi connectivity index (χ1n) is 11.0. The minimum absolute atomic E-state index is 0.0843. The predicted octanol–water partition coefficient (Wildman–Crippen LogP) is 6.25. The van der Waals surface area contributed by atoms with Crippen LogP contribution in [-0.2, 0) is 13.1 Å². The number of halogens is 6. The van der Waals surface area contributed by atoms with Crippen molar-refractivity contribution in [2.45, 2.75) is 120 Å². The Kier molecular flexibility index (Phi) is 12.1. The zero-order valence-electron chi connectivity index (χ0n) is 18.0. The van der Waals surface area contributed by atoms with Crippen molar-refractivity contribution in [3.63, 3.8) is 0 Å². The van der Waals surface area contributed by atoms with Gasteiger partial charge in [0.2, 0.25) is 0 Å². The molecule has 0 aromatic rings. The van der Waals surface area contributed by atoms with Gasteiger partial charge in [-0.25, -0.2) is 17.6 Å². The van der Waals surface area contributed by atoms with Crippen LogP contribution in [-0.4, -0.2) is 60.3 Å². The topological polar surface area (TPSA) is 36.8 Å². The first-order valence-corrected chi connectivity index (χ1v) is 14.1. The Morgan fingerprint density at radius 1 is 0.677 bits per heavy atom. The molecule has 3 nitrogen and oxygen atoms in total. The third-order valence-electron chi connectivity index (χ3n) is 6.50. The van der Waals surface area contributed by atoms with E-state index in [1.807, 2.05) is 13.8 Å². The van der Waals surface area contributed by atoms with E-state index in [1.165, 1.54) is 0 Å². The van der Waals surface area contributed by atoms with E-state index < -0.39 is 36.8 Å². The summed E-state index contributed by atoms with van der Waals surface area (Å²) in [4.78, 5) is 8.80. The van der Waals surface area contributed by atoms with Gasteiger partial charge < -0.3 is 5.32 Å². The molecule has 6 atom stereocenters. The first kappa shape index (κ1) is 27.4. The molecule has 2 saturated carbocycles. The van der Waals surface area contributed by atoms with E-state index in [0.717, 1.165) is 19.3 Å². The molecule has 2 aliphatic carbocycles. The quantitative estimate of drug-likeness (QED) is 0.261. The molecule has 31 heavy (non-hydrogen) atoms. The van der Waals surface area contributed by atoms with Crippen molar-refractivity contribution in [1.29, 1.82) is 0 Å². The molecule has 1 saturated heterocycles. The van der Waals surface area contributed by atoms with Crippen LogP contribution in [0.1, 0.15) is 71.6 Å². The number of hydrogen-bond acceptors (Lipinski definition) is 3. The second kappa shape index (κ2) is 13.7. The monoisotopic (exact) mass is 529 g/mol. The number of nitrogens with one attached hydrogen (secondary N) is 1. The number of hydrogen-bond donors (Lipinski definition) is 1. The summed E-state index contributed by atoms with van der Waals surface area (Å²) in [5.41, 5.74) is 1.42. The van der Waals surface area contributed by atoms with Gasteiger partial charge in [-0.05, 0) is 71.6 Å². The molecule has 3 rings (SSSR count). The van der Waals surface area contributed by atoms with E-state index in [4.69, 9.17) is 20.2 Å². The summed E-state index contributed by atoms with van der Waals surface area (Å²) >= 11 is 0.194. The third kappa shape index (κ3) is 8.13. The molecule has 1 aliphatic heterocycles. The molecular formula is C21H33Cl2F4FeN3. The van der Waals surface area contributed by atoms with Crippen molar-refractivity contribution in [3.8, 4) is 0 Å². The molecule has 0 aromatic heterocycles. The summed E-state index contributed by atoms with van der Waals surface area (Å²) in [5.74, 6) is 0. The number of nitrogens with zero attached hydrogens (tertiary/aromatic N) is 2. The van der Waals surface area contributed by atoms with Crippen molar-refractivity contribution in [1.82, 2.24) is 5.32 Å². The number of rotatable bonds is 4. The first-order chi connectivity index (χ1) is 14.8. The molecule has 10 heteroatoms. The van der Waals surface area contributed by atoms with Crippen molar-refractivity contribution < 1.29 is 30.7 Å². The van der Waals surface area contributed by atoms with Crippen LogP contribution in [0.2, 0.25) is 0 Å². The fourth-order valence-electron chi connectivity index (χ4n) is 4.72. The van der Waals surface area contributed by atoms with Crippen LogP contribution in [0.4, 0.5) is 17.6 Å². The van der Waals surface area contributed by atoms with Gasteiger partial charge in [-0.3, -0.25) is 9.98 Å². The van der Waals surface area contributed by atoms with Gasteiger partial charge in [-0.1, -0.05) is 0 Å². The molecule has 6 unspecified atom stereocenters. The van der Waals surface area contributed by atoms with Gasteiger partial charge in [0, 0.05) is 23.5 Å². The van der Waals surface area contributed by atoms with Gasteiger partial charge in [0.25, 0.3) is 0 Å². The molecule has 3 fully saturated rings. The van der Waals surface area contributed by atoms with E-state index in [9.17, 15) is 17.6 Å². The van der Waals surface area contributed by atoms with Gasteiger partial charge in [0.1, 0.15) is 36.8 Å². The molecule has 0 bridgehead atoms. The van der Waals surface area contributed by atoms with Crippen molar-refractivity contribution in [2.75, 3.05) is 0 Å². The average molecular weight is 530 g/mol. The van der Waals surface area contributed by atoms with E-state index in [-0.39, 0.29) is 25.2 Å². The zero-order valence-corrected chi connectivity index (χ0v) is 20.6. The fraction of sp³-hybridized carbons (Fsp3) is 0.905. The third-order valence-corrected chi connectivity index (χ3v) is 6.50. The second-order valence-electron chi connectivity index (χ2n) is 8.70. The fourth-order valence-corrected chi connectivity index (χ4v) is 4.72. The maximum atomic E-state index is 14.1. The summed E-state index contributed by atoms with van der Waals surface area (Å²) in [5, 5.41) is 3.44. The predicted molar refractivity (Wildman–Crippen MR) is 117 cm³/mol. The van der Waals surface area contributed by atoms with Gasteiger partial charge in [-0.15, -0.1) is 0 Å². The Morgan fingerprint density at radius 2 is 0.968 bits per heavy atom. The van der Waals surface area contributed by atoms with E-state index in [0.29, 0.717) is 49.9 Å². The number of alkyl halides is 4. The molecule has 1 heterocycles. The number of piperidine rings is 1. The Morgan fingerprint density at radius 3 is 1.29 bits per heavy atom. The van der Waals surface area contributed by atoms with E-state index >= 15 is 0 Å². The molecule has 0 aromatic carbocycles. The standard InChI is InChI=1S/C21H33F4N3.2ClH.Fe/c1-12(26-20-14(22)6-3-7-15(20)23)18-10-5-11-19(28-18)13(2)27-21-16(24)8-4-9-17(21)25;;;/h14-21,28H,3-11H2,1-2H3;2*1H;/q;;;+2/p-2. The maximum absolute atomic E-state index is 14.1. The van der Waals surface area contributed by atoms with Gasteiger partial charge >= 0.3 is 33.3 Å². The van der Waals surface area contributed by atoms with Gasteiger partial charge in [0.05, 0.1) is 0 Å². The molecular weight excluding hydrogens is 497 g/mol. The van der Waals surface area contributed by atoms with Crippen molar-refractivity contribution in [3.05, 3.63) is 0 Å². The minimum atomic E-state index is -1.23. The zero-order chi connectivity index (χ0) is 23.0. The summed E-state index contributed by atoms with van der Waals surface area (Å²) in [7, 11) is 9.53. The van der Waals surface area contributed by atoms with Crippen LogP contribution in [0.3, 0.4) is 0 Å². The van der Waals surface area contributed by atoms with E-state index in [1.54, 1.807) is 0 Å². The van der Waals surface area contributed by atoms with Crippen LogP contribution >= 0.6 is 20.2 Å². The van der Waals surface area contributed by atoms with E-state index in [2.05, 4.69) is 15.3 Å². The molecule has 0 amide bonds. The van der Waals surface area contributed by atoms with Crippen LogP contribution in [0, 0.1) is 0 Å². The van der Waals surface area contributed by atoms with Crippen molar-refractivity contribution in [2.24, 2.45) is 9.98 Å². The van der Waals surface area contributed by atoms with Crippen LogP contribution in [0.15, 0.2) is 9.98 Å². The van der Waals surface area contributed by atoms with Gasteiger partial charge in [0.15, 0.2) is 0 Å². The van der Waals surface area contributed by atoms with Crippen LogP contribution < -0.4 is 5.32 Å². The SMILES string of the molecule is CC(=NC1C(F)CCCC1F)C1CCCC(C(C)=NC2C(F)CCCC2F)N1.[Cl][Fe][Cl]. The van der Waals surface area contributed by atoms with Crippen LogP contribution in [0.5, 0.6) is 0 Å².